The van der Waals surface area contributed by atoms with Crippen LogP contribution in [0.3, 0.4) is 0 Å². The van der Waals surface area contributed by atoms with Crippen molar-refractivity contribution < 1.29 is 9.32 Å². The molecule has 2 aromatic heterocycles. The first-order chi connectivity index (χ1) is 9.04. The number of thiophene rings is 1. The molecule has 1 amide bonds. The Labute approximate surface area is 123 Å². The predicted octanol–water partition coefficient (Wildman–Crippen LogP) is 3.48. The Morgan fingerprint density at radius 2 is 2.37 bits per heavy atom. The van der Waals surface area contributed by atoms with Crippen LogP contribution in [-0.4, -0.2) is 23.0 Å². The quantitative estimate of drug-likeness (QED) is 0.800. The van der Waals surface area contributed by atoms with E-state index in [1.165, 1.54) is 0 Å². The number of nitrogens with zero attached hydrogens (tertiary/aromatic N) is 2. The van der Waals surface area contributed by atoms with Gasteiger partial charge in [-0.3, -0.25) is 4.79 Å². The minimum Gasteiger partial charge on any atom is -0.361 e. The molecule has 0 unspecified atom stereocenters. The fraction of sp³-hybridized carbons (Fsp3) is 0.231. The van der Waals surface area contributed by atoms with Crippen molar-refractivity contribution in [2.24, 2.45) is 0 Å². The third-order valence-corrected chi connectivity index (χ3v) is 4.03. The first kappa shape index (κ1) is 14.0. The van der Waals surface area contributed by atoms with Crippen LogP contribution in [0, 0.1) is 6.92 Å². The number of aryl methyl sites for hydroxylation is 1. The van der Waals surface area contributed by atoms with Crippen LogP contribution in [0.15, 0.2) is 32.6 Å². The maximum absolute atomic E-state index is 11.9. The van der Waals surface area contributed by atoms with E-state index in [2.05, 4.69) is 21.1 Å². The number of rotatable bonds is 4. The number of halogens is 1. The van der Waals surface area contributed by atoms with Gasteiger partial charge in [-0.05, 0) is 41.1 Å². The van der Waals surface area contributed by atoms with Crippen molar-refractivity contribution in [3.8, 4) is 0 Å². The van der Waals surface area contributed by atoms with Gasteiger partial charge in [0.05, 0.1) is 10.3 Å². The minimum atomic E-state index is -0.0647. The zero-order valence-electron chi connectivity index (χ0n) is 10.6. The third kappa shape index (κ3) is 4.04. The fourth-order valence-electron chi connectivity index (χ4n) is 1.51. The maximum Gasteiger partial charge on any atom is 0.246 e. The number of hydrogen-bond donors (Lipinski definition) is 0. The van der Waals surface area contributed by atoms with E-state index in [1.54, 1.807) is 29.4 Å². The van der Waals surface area contributed by atoms with Crippen LogP contribution in [0.5, 0.6) is 0 Å². The largest absolute Gasteiger partial charge is 0.361 e. The van der Waals surface area contributed by atoms with Crippen LogP contribution in [-0.2, 0) is 11.3 Å². The van der Waals surface area contributed by atoms with Gasteiger partial charge in [0, 0.05) is 24.1 Å². The second-order valence-electron chi connectivity index (χ2n) is 4.10. The van der Waals surface area contributed by atoms with Gasteiger partial charge in [0.1, 0.15) is 11.5 Å². The number of carbonyl (C=O) groups excluding carboxylic acids is 1. The topological polar surface area (TPSA) is 46.3 Å². The Morgan fingerprint density at radius 3 is 2.95 bits per heavy atom. The molecule has 2 heterocycles. The van der Waals surface area contributed by atoms with Crippen LogP contribution < -0.4 is 0 Å². The first-order valence-corrected chi connectivity index (χ1v) is 7.26. The third-order valence-electron chi connectivity index (χ3n) is 2.44. The molecule has 19 heavy (non-hydrogen) atoms. The fourth-order valence-corrected chi connectivity index (χ4v) is 2.84. The SMILES string of the molecule is Cc1cc(CN(C)C(=O)/C=C/c2ccc(Br)s2)no1. The molecule has 6 heteroatoms. The Balaban J connectivity index is 1.94. The molecule has 2 rings (SSSR count). The van der Waals surface area contributed by atoms with E-state index < -0.39 is 0 Å². The van der Waals surface area contributed by atoms with Crippen LogP contribution in [0.2, 0.25) is 0 Å². The summed E-state index contributed by atoms with van der Waals surface area (Å²) in [5, 5.41) is 3.86. The van der Waals surface area contributed by atoms with Crippen molar-refractivity contribution in [2.45, 2.75) is 13.5 Å². The highest BCUT2D eigenvalue weighted by molar-refractivity contribution is 9.11. The summed E-state index contributed by atoms with van der Waals surface area (Å²) in [5.74, 6) is 0.681. The highest BCUT2D eigenvalue weighted by Gasteiger charge is 2.08. The molecule has 2 aromatic rings. The number of amides is 1. The molecule has 0 N–H and O–H groups in total. The van der Waals surface area contributed by atoms with E-state index in [-0.39, 0.29) is 5.91 Å². The molecule has 0 saturated heterocycles. The molecule has 0 aromatic carbocycles. The maximum atomic E-state index is 11.9. The van der Waals surface area contributed by atoms with Gasteiger partial charge >= 0.3 is 0 Å². The zero-order chi connectivity index (χ0) is 13.8. The lowest BCUT2D eigenvalue weighted by Crippen LogP contribution is -2.24. The van der Waals surface area contributed by atoms with Gasteiger partial charge in [0.15, 0.2) is 0 Å². The Bertz CT molecular complexity index is 603. The summed E-state index contributed by atoms with van der Waals surface area (Å²) < 4.78 is 6.01. The monoisotopic (exact) mass is 340 g/mol. The Kier molecular flexibility index (Phi) is 4.55. The summed E-state index contributed by atoms with van der Waals surface area (Å²) in [6.07, 6.45) is 3.37. The average molecular weight is 341 g/mol. The normalized spacial score (nSPS) is 11.1. The van der Waals surface area contributed by atoms with Crippen molar-refractivity contribution in [2.75, 3.05) is 7.05 Å². The molecule has 0 atom stereocenters. The van der Waals surface area contributed by atoms with Gasteiger partial charge in [0.2, 0.25) is 5.91 Å². The minimum absolute atomic E-state index is 0.0647. The molecule has 0 aliphatic rings. The van der Waals surface area contributed by atoms with Crippen LogP contribution in [0.4, 0.5) is 0 Å². The van der Waals surface area contributed by atoms with Crippen molar-refractivity contribution in [1.82, 2.24) is 10.1 Å². The van der Waals surface area contributed by atoms with Gasteiger partial charge in [0.25, 0.3) is 0 Å². The van der Waals surface area contributed by atoms with Crippen LogP contribution in [0.25, 0.3) is 6.08 Å². The summed E-state index contributed by atoms with van der Waals surface area (Å²) in [6.45, 7) is 2.27. The molecule has 0 bridgehead atoms. The second kappa shape index (κ2) is 6.16. The lowest BCUT2D eigenvalue weighted by Gasteiger charge is -2.12. The molecule has 0 aliphatic heterocycles. The van der Waals surface area contributed by atoms with E-state index in [9.17, 15) is 4.79 Å². The molecule has 0 saturated carbocycles. The van der Waals surface area contributed by atoms with Crippen LogP contribution in [0.1, 0.15) is 16.3 Å². The van der Waals surface area contributed by atoms with Gasteiger partial charge in [-0.2, -0.15) is 0 Å². The summed E-state index contributed by atoms with van der Waals surface area (Å²) in [4.78, 5) is 14.5. The van der Waals surface area contributed by atoms with Crippen molar-refractivity contribution in [1.29, 1.82) is 0 Å². The van der Waals surface area contributed by atoms with Gasteiger partial charge < -0.3 is 9.42 Å². The van der Waals surface area contributed by atoms with Gasteiger partial charge in [-0.1, -0.05) is 5.16 Å². The molecular formula is C13H13BrN2O2S. The smallest absolute Gasteiger partial charge is 0.246 e. The number of likely N-dealkylation sites (N-methyl/N-ethyl adjacent to an activating group) is 1. The lowest BCUT2D eigenvalue weighted by molar-refractivity contribution is -0.125. The van der Waals surface area contributed by atoms with E-state index in [1.807, 2.05) is 31.2 Å². The van der Waals surface area contributed by atoms with E-state index in [0.29, 0.717) is 6.54 Å². The lowest BCUT2D eigenvalue weighted by atomic mass is 10.3. The number of carbonyl (C=O) groups is 1. The highest BCUT2D eigenvalue weighted by atomic mass is 79.9. The zero-order valence-corrected chi connectivity index (χ0v) is 13.0. The van der Waals surface area contributed by atoms with Crippen molar-refractivity contribution >= 4 is 39.2 Å². The van der Waals surface area contributed by atoms with Crippen molar-refractivity contribution in [3.05, 3.63) is 44.4 Å². The second-order valence-corrected chi connectivity index (χ2v) is 6.59. The molecule has 4 nitrogen and oxygen atoms in total. The average Bonchev–Trinajstić information content (AvgIpc) is 2.95. The summed E-state index contributed by atoms with van der Waals surface area (Å²) in [6, 6.07) is 5.74. The van der Waals surface area contributed by atoms with Gasteiger partial charge in [-0.15, -0.1) is 11.3 Å². The predicted molar refractivity (Wildman–Crippen MR) is 78.8 cm³/mol. The van der Waals surface area contributed by atoms with E-state index in [4.69, 9.17) is 4.52 Å². The number of hydrogen-bond acceptors (Lipinski definition) is 4. The Morgan fingerprint density at radius 1 is 1.58 bits per heavy atom. The highest BCUT2D eigenvalue weighted by Crippen LogP contribution is 2.23. The number of aromatic nitrogens is 1. The molecular weight excluding hydrogens is 328 g/mol. The van der Waals surface area contributed by atoms with Crippen LogP contribution >= 0.6 is 27.3 Å². The van der Waals surface area contributed by atoms with E-state index >= 15 is 0 Å². The van der Waals surface area contributed by atoms with Crippen molar-refractivity contribution in [3.63, 3.8) is 0 Å². The summed E-state index contributed by atoms with van der Waals surface area (Å²) in [7, 11) is 1.74. The Hall–Kier alpha value is -1.40. The molecule has 0 fully saturated rings. The van der Waals surface area contributed by atoms with Gasteiger partial charge in [-0.25, -0.2) is 0 Å². The first-order valence-electron chi connectivity index (χ1n) is 5.65. The molecule has 100 valence electrons. The standard InChI is InChI=1S/C13H13BrN2O2S/c1-9-7-10(15-18-9)8-16(2)13(17)6-4-11-3-5-12(14)19-11/h3-7H,8H2,1-2H3/b6-4+. The molecule has 0 spiro atoms. The summed E-state index contributed by atoms with van der Waals surface area (Å²) >= 11 is 4.97. The molecule has 0 radical (unpaired) electrons. The summed E-state index contributed by atoms with van der Waals surface area (Å²) in [5.41, 5.74) is 0.751. The molecule has 0 aliphatic carbocycles. The van der Waals surface area contributed by atoms with E-state index in [0.717, 1.165) is 20.1 Å².